The van der Waals surface area contributed by atoms with Crippen molar-refractivity contribution in [2.75, 3.05) is 7.05 Å². The first-order valence-corrected chi connectivity index (χ1v) is 5.82. The van der Waals surface area contributed by atoms with Crippen molar-refractivity contribution in [1.29, 1.82) is 0 Å². The summed E-state index contributed by atoms with van der Waals surface area (Å²) in [6, 6.07) is 8.90. The number of ketones is 1. The van der Waals surface area contributed by atoms with Crippen LogP contribution >= 0.6 is 11.8 Å². The van der Waals surface area contributed by atoms with Gasteiger partial charge in [0, 0.05) is 18.8 Å². The Bertz CT molecular complexity index is 442. The molecule has 1 aromatic rings. The second-order valence-electron chi connectivity index (χ2n) is 3.48. The van der Waals surface area contributed by atoms with Gasteiger partial charge in [-0.15, -0.1) is 11.8 Å². The fourth-order valence-corrected chi connectivity index (χ4v) is 2.40. The molecule has 0 aromatic heterocycles. The van der Waals surface area contributed by atoms with Gasteiger partial charge in [0.25, 0.3) is 0 Å². The quantitative estimate of drug-likeness (QED) is 0.578. The Hall–Kier alpha value is -1.55. The predicted octanol–water partition coefficient (Wildman–Crippen LogP) is 1.91. The molecule has 1 aliphatic rings. The molecule has 0 spiro atoms. The summed E-state index contributed by atoms with van der Waals surface area (Å²) in [5.74, 6) is -0.298. The number of Topliss-reactive ketones (excluding diaryl/α,β-unsaturated/α-hetero) is 1. The molecule has 0 aliphatic carbocycles. The van der Waals surface area contributed by atoms with Crippen molar-refractivity contribution in [3.63, 3.8) is 0 Å². The van der Waals surface area contributed by atoms with Crippen molar-refractivity contribution in [3.05, 3.63) is 47.5 Å². The Labute approximate surface area is 98.1 Å². The van der Waals surface area contributed by atoms with Crippen molar-refractivity contribution in [3.8, 4) is 0 Å². The molecule has 0 bridgehead atoms. The highest BCUT2D eigenvalue weighted by Gasteiger charge is 2.31. The molecular formula is C12H11NO2S. The Balaban J connectivity index is 2.23. The molecule has 1 aliphatic heterocycles. The fourth-order valence-electron chi connectivity index (χ4n) is 1.45. The SMILES string of the molecule is CN1C=CSC(C(=O)c2ccccc2)C1=O. The van der Waals surface area contributed by atoms with E-state index in [1.165, 1.54) is 16.7 Å². The smallest absolute Gasteiger partial charge is 0.247 e. The van der Waals surface area contributed by atoms with Crippen molar-refractivity contribution in [1.82, 2.24) is 4.90 Å². The third-order valence-electron chi connectivity index (χ3n) is 2.37. The highest BCUT2D eigenvalue weighted by molar-refractivity contribution is 8.04. The van der Waals surface area contributed by atoms with E-state index in [9.17, 15) is 9.59 Å². The molecule has 3 nitrogen and oxygen atoms in total. The Morgan fingerprint density at radius 1 is 1.31 bits per heavy atom. The predicted molar refractivity (Wildman–Crippen MR) is 64.1 cm³/mol. The maximum atomic E-state index is 12.1. The van der Waals surface area contributed by atoms with Gasteiger partial charge in [-0.05, 0) is 5.41 Å². The summed E-state index contributed by atoms with van der Waals surface area (Å²) in [5, 5.41) is 1.13. The van der Waals surface area contributed by atoms with Crippen LogP contribution in [-0.4, -0.2) is 28.9 Å². The lowest BCUT2D eigenvalue weighted by atomic mass is 10.1. The number of carbonyl (C=O) groups excluding carboxylic acids is 2. The highest BCUT2D eigenvalue weighted by Crippen LogP contribution is 2.23. The Morgan fingerprint density at radius 3 is 2.69 bits per heavy atom. The van der Waals surface area contributed by atoms with Crippen LogP contribution in [-0.2, 0) is 4.79 Å². The second-order valence-corrected chi connectivity index (χ2v) is 4.50. The largest absolute Gasteiger partial charge is 0.320 e. The molecule has 0 saturated carbocycles. The topological polar surface area (TPSA) is 37.4 Å². The summed E-state index contributed by atoms with van der Waals surface area (Å²) in [5.41, 5.74) is 0.581. The zero-order valence-corrected chi connectivity index (χ0v) is 9.61. The summed E-state index contributed by atoms with van der Waals surface area (Å²) in [6.45, 7) is 0. The van der Waals surface area contributed by atoms with Crippen molar-refractivity contribution in [2.45, 2.75) is 5.25 Å². The number of amides is 1. The van der Waals surface area contributed by atoms with Gasteiger partial charge >= 0.3 is 0 Å². The minimum absolute atomic E-state index is 0.133. The molecular weight excluding hydrogens is 222 g/mol. The van der Waals surface area contributed by atoms with Gasteiger partial charge in [-0.25, -0.2) is 0 Å². The number of carbonyl (C=O) groups is 2. The molecule has 0 fully saturated rings. The summed E-state index contributed by atoms with van der Waals surface area (Å²) < 4.78 is 0. The minimum Gasteiger partial charge on any atom is -0.320 e. The van der Waals surface area contributed by atoms with Crippen molar-refractivity contribution < 1.29 is 9.59 Å². The van der Waals surface area contributed by atoms with Gasteiger partial charge in [-0.1, -0.05) is 30.3 Å². The first-order chi connectivity index (χ1) is 7.70. The number of benzene rings is 1. The maximum Gasteiger partial charge on any atom is 0.247 e. The van der Waals surface area contributed by atoms with Gasteiger partial charge < -0.3 is 4.90 Å². The molecule has 1 heterocycles. The van der Waals surface area contributed by atoms with E-state index in [0.717, 1.165) is 0 Å². The molecule has 82 valence electrons. The number of nitrogens with zero attached hydrogens (tertiary/aromatic N) is 1. The third-order valence-corrected chi connectivity index (χ3v) is 3.33. The van der Waals surface area contributed by atoms with E-state index in [4.69, 9.17) is 0 Å². The van der Waals surface area contributed by atoms with Crippen LogP contribution < -0.4 is 0 Å². The lowest BCUT2D eigenvalue weighted by Gasteiger charge is -2.22. The first-order valence-electron chi connectivity index (χ1n) is 4.88. The molecule has 1 aromatic carbocycles. The van der Waals surface area contributed by atoms with Gasteiger partial charge in [0.05, 0.1) is 0 Å². The van der Waals surface area contributed by atoms with Gasteiger partial charge in [0.2, 0.25) is 5.91 Å². The van der Waals surface area contributed by atoms with Crippen LogP contribution in [0.3, 0.4) is 0 Å². The summed E-state index contributed by atoms with van der Waals surface area (Å²) >= 11 is 1.26. The first kappa shape index (κ1) is 11.0. The highest BCUT2D eigenvalue weighted by atomic mass is 32.2. The van der Waals surface area contributed by atoms with E-state index in [-0.39, 0.29) is 11.7 Å². The molecule has 0 saturated heterocycles. The number of rotatable bonds is 2. The molecule has 2 rings (SSSR count). The van der Waals surface area contributed by atoms with Crippen LogP contribution in [0, 0.1) is 0 Å². The van der Waals surface area contributed by atoms with Gasteiger partial charge in [-0.2, -0.15) is 0 Å². The normalized spacial score (nSPS) is 19.9. The van der Waals surface area contributed by atoms with Gasteiger partial charge in [0.1, 0.15) is 0 Å². The van der Waals surface area contributed by atoms with Crippen molar-refractivity contribution in [2.24, 2.45) is 0 Å². The zero-order valence-electron chi connectivity index (χ0n) is 8.79. The molecule has 0 N–H and O–H groups in total. The van der Waals surface area contributed by atoms with Gasteiger partial charge in [-0.3, -0.25) is 9.59 Å². The fraction of sp³-hybridized carbons (Fsp3) is 0.167. The van der Waals surface area contributed by atoms with E-state index in [2.05, 4.69) is 0 Å². The molecule has 0 radical (unpaired) electrons. The molecule has 1 unspecified atom stereocenters. The maximum absolute atomic E-state index is 12.1. The summed E-state index contributed by atoms with van der Waals surface area (Å²) in [7, 11) is 1.66. The van der Waals surface area contributed by atoms with Crippen LogP contribution in [0.1, 0.15) is 10.4 Å². The third kappa shape index (κ3) is 2.02. The van der Waals surface area contributed by atoms with Crippen LogP contribution in [0.4, 0.5) is 0 Å². The van der Waals surface area contributed by atoms with Crippen LogP contribution in [0.15, 0.2) is 41.9 Å². The van der Waals surface area contributed by atoms with E-state index >= 15 is 0 Å². The number of hydrogen-bond acceptors (Lipinski definition) is 3. The van der Waals surface area contributed by atoms with E-state index in [0.29, 0.717) is 5.56 Å². The standard InChI is InChI=1S/C12H11NO2S/c1-13-7-8-16-11(12(13)15)10(14)9-5-3-2-4-6-9/h2-8,11H,1H3. The monoisotopic (exact) mass is 233 g/mol. The summed E-state index contributed by atoms with van der Waals surface area (Å²) in [4.78, 5) is 25.3. The lowest BCUT2D eigenvalue weighted by Crippen LogP contribution is -2.38. The van der Waals surface area contributed by atoms with Gasteiger partial charge in [0.15, 0.2) is 11.0 Å². The average molecular weight is 233 g/mol. The minimum atomic E-state index is -0.641. The van der Waals surface area contributed by atoms with Crippen molar-refractivity contribution >= 4 is 23.5 Å². The molecule has 1 atom stereocenters. The van der Waals surface area contributed by atoms with E-state index in [1.54, 1.807) is 42.9 Å². The van der Waals surface area contributed by atoms with Crippen LogP contribution in [0.2, 0.25) is 0 Å². The molecule has 1 amide bonds. The lowest BCUT2D eigenvalue weighted by molar-refractivity contribution is -0.126. The Morgan fingerprint density at radius 2 is 2.00 bits per heavy atom. The average Bonchev–Trinajstić information content (AvgIpc) is 2.33. The number of thioether (sulfide) groups is 1. The van der Waals surface area contributed by atoms with Crippen LogP contribution in [0.25, 0.3) is 0 Å². The second kappa shape index (κ2) is 4.53. The van der Waals surface area contributed by atoms with Crippen LogP contribution in [0.5, 0.6) is 0 Å². The molecule has 4 heteroatoms. The zero-order chi connectivity index (χ0) is 11.5. The summed E-state index contributed by atoms with van der Waals surface area (Å²) in [6.07, 6.45) is 1.67. The molecule has 16 heavy (non-hydrogen) atoms. The Kier molecular flexibility index (Phi) is 3.10. The number of hydrogen-bond donors (Lipinski definition) is 0. The van der Waals surface area contributed by atoms with E-state index < -0.39 is 5.25 Å². The van der Waals surface area contributed by atoms with E-state index in [1.807, 2.05) is 6.07 Å².